The second-order valence-corrected chi connectivity index (χ2v) is 5.25. The number of halogens is 3. The molecule has 7 nitrogen and oxygen atoms in total. The van der Waals surface area contributed by atoms with Crippen LogP contribution in [0.5, 0.6) is 0 Å². The zero-order valence-electron chi connectivity index (χ0n) is 10.7. The smallest absolute Gasteiger partial charge is 0.416 e. The third-order valence-electron chi connectivity index (χ3n) is 2.22. The van der Waals surface area contributed by atoms with Gasteiger partial charge in [0.2, 0.25) is 4.38 Å². The van der Waals surface area contributed by atoms with E-state index in [0.717, 1.165) is 0 Å². The Bertz CT molecular complexity index is 600. The fraction of sp³-hybridized carbons (Fsp3) is 0.300. The minimum atomic E-state index is -4.96. The lowest BCUT2D eigenvalue weighted by atomic mass is 10.1. The molecule has 0 radical (unpaired) electrons. The number of benzene rings is 1. The summed E-state index contributed by atoms with van der Waals surface area (Å²) >= 11 is 5.06. The molecule has 0 bridgehead atoms. The van der Waals surface area contributed by atoms with E-state index in [0.29, 0.717) is 11.8 Å². The van der Waals surface area contributed by atoms with Gasteiger partial charge in [0.05, 0.1) is 22.0 Å². The predicted octanol–water partition coefficient (Wildman–Crippen LogP) is 3.94. The summed E-state index contributed by atoms with van der Waals surface area (Å²) in [4.78, 5) is 19.0. The van der Waals surface area contributed by atoms with Gasteiger partial charge in [-0.15, -0.1) is 0 Å². The van der Waals surface area contributed by atoms with Crippen LogP contribution in [-0.2, 0) is 10.9 Å². The van der Waals surface area contributed by atoms with Crippen LogP contribution in [0.2, 0.25) is 0 Å². The Morgan fingerprint density at radius 2 is 1.73 bits per heavy atom. The first-order valence-corrected chi connectivity index (χ1v) is 6.69. The molecule has 120 valence electrons. The maximum absolute atomic E-state index is 12.7. The van der Waals surface area contributed by atoms with Crippen molar-refractivity contribution < 1.29 is 27.8 Å². The zero-order chi connectivity index (χ0) is 17.1. The standard InChI is InChI=1S/C10H7F3N2O5S2/c1-2-20-9(21)22-8-6(14(16)17)3-5(10(11,12)13)4-7(8)15(18)19/h3-4H,2H2,1H3. The fourth-order valence-corrected chi connectivity index (χ4v) is 2.56. The summed E-state index contributed by atoms with van der Waals surface area (Å²) in [6, 6.07) is 0.452. The number of nitro benzene ring substituents is 2. The first kappa shape index (κ1) is 18.1. The lowest BCUT2D eigenvalue weighted by Gasteiger charge is -2.10. The Labute approximate surface area is 130 Å². The van der Waals surface area contributed by atoms with Crippen molar-refractivity contribution >= 4 is 39.7 Å². The third kappa shape index (κ3) is 4.27. The molecule has 0 unspecified atom stereocenters. The Morgan fingerprint density at radius 3 is 2.05 bits per heavy atom. The van der Waals surface area contributed by atoms with Crippen LogP contribution >= 0.6 is 24.0 Å². The summed E-state index contributed by atoms with van der Waals surface area (Å²) in [5.41, 5.74) is -3.61. The molecular formula is C10H7F3N2O5S2. The molecule has 1 aromatic rings. The molecule has 0 N–H and O–H groups in total. The van der Waals surface area contributed by atoms with Crippen molar-refractivity contribution in [3.8, 4) is 0 Å². The molecule has 0 aliphatic rings. The number of alkyl halides is 3. The molecule has 0 spiro atoms. The summed E-state index contributed by atoms with van der Waals surface area (Å²) in [5.74, 6) is 0. The summed E-state index contributed by atoms with van der Waals surface area (Å²) in [5, 5.41) is 21.9. The van der Waals surface area contributed by atoms with Crippen molar-refractivity contribution in [1.29, 1.82) is 0 Å². The van der Waals surface area contributed by atoms with Crippen molar-refractivity contribution in [2.75, 3.05) is 6.61 Å². The summed E-state index contributed by atoms with van der Waals surface area (Å²) in [6.07, 6.45) is -4.96. The third-order valence-corrected chi connectivity index (χ3v) is 3.49. The molecule has 0 heterocycles. The van der Waals surface area contributed by atoms with Gasteiger partial charge in [-0.2, -0.15) is 13.2 Å². The van der Waals surface area contributed by atoms with Crippen LogP contribution in [-0.4, -0.2) is 20.8 Å². The van der Waals surface area contributed by atoms with Crippen molar-refractivity contribution in [3.63, 3.8) is 0 Å². The largest absolute Gasteiger partial charge is 0.479 e. The normalized spacial score (nSPS) is 11.1. The average Bonchev–Trinajstić information content (AvgIpc) is 2.36. The molecule has 1 rings (SSSR count). The second-order valence-electron chi connectivity index (χ2n) is 3.64. The van der Waals surface area contributed by atoms with Crippen molar-refractivity contribution in [2.45, 2.75) is 18.0 Å². The van der Waals surface area contributed by atoms with Crippen LogP contribution in [0.3, 0.4) is 0 Å². The number of ether oxygens (including phenoxy) is 1. The predicted molar refractivity (Wildman–Crippen MR) is 74.8 cm³/mol. The van der Waals surface area contributed by atoms with Gasteiger partial charge >= 0.3 is 6.18 Å². The van der Waals surface area contributed by atoms with Gasteiger partial charge in [-0.25, -0.2) is 0 Å². The van der Waals surface area contributed by atoms with Gasteiger partial charge in [0.25, 0.3) is 11.4 Å². The van der Waals surface area contributed by atoms with E-state index in [2.05, 4.69) is 0 Å². The van der Waals surface area contributed by atoms with Crippen molar-refractivity contribution in [2.24, 2.45) is 0 Å². The molecule has 0 aliphatic carbocycles. The molecule has 0 aliphatic heterocycles. The molecular weight excluding hydrogens is 349 g/mol. The van der Waals surface area contributed by atoms with E-state index >= 15 is 0 Å². The van der Waals surface area contributed by atoms with E-state index < -0.39 is 37.9 Å². The fourth-order valence-electron chi connectivity index (χ4n) is 1.37. The van der Waals surface area contributed by atoms with Gasteiger partial charge in [-0.05, 0) is 30.9 Å². The number of thioether (sulfide) groups is 1. The molecule has 12 heteroatoms. The number of nitro groups is 2. The van der Waals surface area contributed by atoms with Crippen LogP contribution in [0.15, 0.2) is 17.0 Å². The lowest BCUT2D eigenvalue weighted by molar-refractivity contribution is -0.400. The molecule has 0 aromatic heterocycles. The van der Waals surface area contributed by atoms with Gasteiger partial charge in [0.1, 0.15) is 0 Å². The molecule has 0 saturated carbocycles. The molecule has 0 saturated heterocycles. The number of nitrogens with zero attached hydrogens (tertiary/aromatic N) is 2. The maximum atomic E-state index is 12.7. The topological polar surface area (TPSA) is 95.5 Å². The SMILES string of the molecule is CCOC(=S)Sc1c([N+](=O)[O-])cc(C(F)(F)F)cc1[N+](=O)[O-]. The Hall–Kier alpha value is -1.95. The van der Waals surface area contributed by atoms with E-state index in [4.69, 9.17) is 17.0 Å². The van der Waals surface area contributed by atoms with Crippen molar-refractivity contribution in [3.05, 3.63) is 37.9 Å². The Morgan fingerprint density at radius 1 is 1.27 bits per heavy atom. The minimum Gasteiger partial charge on any atom is -0.479 e. The molecule has 1 aromatic carbocycles. The number of hydrogen-bond donors (Lipinski definition) is 0. The highest BCUT2D eigenvalue weighted by molar-refractivity contribution is 8.22. The van der Waals surface area contributed by atoms with Gasteiger partial charge in [-0.3, -0.25) is 20.2 Å². The van der Waals surface area contributed by atoms with Gasteiger partial charge in [-0.1, -0.05) is 0 Å². The number of thiocarbonyl (C=S) groups is 1. The van der Waals surface area contributed by atoms with Crippen LogP contribution < -0.4 is 0 Å². The van der Waals surface area contributed by atoms with Crippen molar-refractivity contribution in [1.82, 2.24) is 0 Å². The van der Waals surface area contributed by atoms with Gasteiger partial charge in [0, 0.05) is 12.1 Å². The first-order chi connectivity index (χ1) is 10.1. The van der Waals surface area contributed by atoms with Gasteiger partial charge < -0.3 is 4.74 Å². The minimum absolute atomic E-state index is 0.105. The highest BCUT2D eigenvalue weighted by atomic mass is 32.2. The van der Waals surface area contributed by atoms with Crippen LogP contribution in [0.1, 0.15) is 12.5 Å². The molecule has 0 amide bonds. The van der Waals surface area contributed by atoms with E-state index in [1.807, 2.05) is 0 Å². The van der Waals surface area contributed by atoms with E-state index in [-0.39, 0.29) is 23.1 Å². The van der Waals surface area contributed by atoms with E-state index in [9.17, 15) is 33.4 Å². The van der Waals surface area contributed by atoms with Gasteiger partial charge in [0.15, 0.2) is 4.90 Å². The van der Waals surface area contributed by atoms with Crippen LogP contribution in [0.4, 0.5) is 24.5 Å². The molecule has 22 heavy (non-hydrogen) atoms. The van der Waals surface area contributed by atoms with E-state index in [1.54, 1.807) is 6.92 Å². The second kappa shape index (κ2) is 6.87. The average molecular weight is 356 g/mol. The highest BCUT2D eigenvalue weighted by Gasteiger charge is 2.38. The monoisotopic (exact) mass is 356 g/mol. The summed E-state index contributed by atoms with van der Waals surface area (Å²) in [6.45, 7) is 1.66. The molecule has 0 atom stereocenters. The highest BCUT2D eigenvalue weighted by Crippen LogP contribution is 2.43. The maximum Gasteiger partial charge on any atom is 0.416 e. The number of hydrogen-bond acceptors (Lipinski definition) is 7. The van der Waals surface area contributed by atoms with Crippen LogP contribution in [0.25, 0.3) is 0 Å². The lowest BCUT2D eigenvalue weighted by Crippen LogP contribution is -2.09. The molecule has 0 fully saturated rings. The van der Waals surface area contributed by atoms with Crippen LogP contribution in [0, 0.1) is 20.2 Å². The summed E-state index contributed by atoms with van der Waals surface area (Å²) < 4.78 is 42.6. The zero-order valence-corrected chi connectivity index (χ0v) is 12.4. The Kier molecular flexibility index (Phi) is 5.65. The summed E-state index contributed by atoms with van der Waals surface area (Å²) in [7, 11) is 0. The Balaban J connectivity index is 3.54. The first-order valence-electron chi connectivity index (χ1n) is 5.46. The quantitative estimate of drug-likeness (QED) is 0.349. The number of rotatable bonds is 4. The van der Waals surface area contributed by atoms with E-state index in [1.165, 1.54) is 0 Å².